The fourth-order valence-electron chi connectivity index (χ4n) is 2.84. The molecule has 1 aromatic heterocycles. The first kappa shape index (κ1) is 13.8. The van der Waals surface area contributed by atoms with Crippen molar-refractivity contribution in [3.63, 3.8) is 0 Å². The van der Waals surface area contributed by atoms with Gasteiger partial charge in [0.25, 0.3) is 0 Å². The standard InChI is InChI=1S/C16H18FN3O/c1-20-10-9-18-14(20)11-19-15(21)16(7-2-8-16)12-3-5-13(17)6-4-12/h3-6,9-10H,2,7-8,11H2,1H3,(H,19,21). The van der Waals surface area contributed by atoms with E-state index in [1.807, 2.05) is 17.8 Å². The van der Waals surface area contributed by atoms with E-state index in [2.05, 4.69) is 10.3 Å². The number of carbonyl (C=O) groups excluding carboxylic acids is 1. The van der Waals surface area contributed by atoms with Crippen molar-refractivity contribution in [3.8, 4) is 0 Å². The largest absolute Gasteiger partial charge is 0.348 e. The van der Waals surface area contributed by atoms with Crippen LogP contribution >= 0.6 is 0 Å². The van der Waals surface area contributed by atoms with E-state index in [-0.39, 0.29) is 11.7 Å². The highest BCUT2D eigenvalue weighted by molar-refractivity contribution is 5.89. The lowest BCUT2D eigenvalue weighted by Gasteiger charge is -2.40. The highest BCUT2D eigenvalue weighted by atomic mass is 19.1. The third-order valence-corrected chi connectivity index (χ3v) is 4.37. The minimum absolute atomic E-state index is 0.00311. The van der Waals surface area contributed by atoms with Crippen LogP contribution in [0.2, 0.25) is 0 Å². The Hall–Kier alpha value is -2.17. The first-order chi connectivity index (χ1) is 10.1. The van der Waals surface area contributed by atoms with Crippen LogP contribution in [-0.2, 0) is 23.8 Å². The van der Waals surface area contributed by atoms with Crippen LogP contribution < -0.4 is 5.32 Å². The second-order valence-electron chi connectivity index (χ2n) is 5.58. The van der Waals surface area contributed by atoms with Crippen molar-refractivity contribution in [2.45, 2.75) is 31.2 Å². The molecule has 1 aromatic carbocycles. The van der Waals surface area contributed by atoms with Crippen molar-refractivity contribution in [1.82, 2.24) is 14.9 Å². The zero-order valence-electron chi connectivity index (χ0n) is 12.0. The van der Waals surface area contributed by atoms with Gasteiger partial charge in [0.1, 0.15) is 11.6 Å². The van der Waals surface area contributed by atoms with Crippen LogP contribution in [-0.4, -0.2) is 15.5 Å². The first-order valence-electron chi connectivity index (χ1n) is 7.12. The predicted molar refractivity (Wildman–Crippen MR) is 77.0 cm³/mol. The van der Waals surface area contributed by atoms with Gasteiger partial charge in [0.05, 0.1) is 12.0 Å². The Kier molecular flexibility index (Phi) is 3.49. The normalized spacial score (nSPS) is 16.3. The number of rotatable bonds is 4. The maximum Gasteiger partial charge on any atom is 0.231 e. The molecule has 1 saturated carbocycles. The van der Waals surface area contributed by atoms with Gasteiger partial charge in [-0.25, -0.2) is 9.37 Å². The van der Waals surface area contributed by atoms with Crippen LogP contribution in [0.25, 0.3) is 0 Å². The van der Waals surface area contributed by atoms with E-state index in [0.717, 1.165) is 30.7 Å². The summed E-state index contributed by atoms with van der Waals surface area (Å²) in [6, 6.07) is 6.27. The lowest BCUT2D eigenvalue weighted by Crippen LogP contribution is -2.49. The van der Waals surface area contributed by atoms with Crippen LogP contribution in [0.5, 0.6) is 0 Å². The van der Waals surface area contributed by atoms with Gasteiger partial charge < -0.3 is 9.88 Å². The molecule has 1 fully saturated rings. The molecule has 5 heteroatoms. The molecule has 3 rings (SSSR count). The SMILES string of the molecule is Cn1ccnc1CNC(=O)C1(c2ccc(F)cc2)CCC1. The Bertz CT molecular complexity index is 644. The van der Waals surface area contributed by atoms with Gasteiger partial charge in [-0.1, -0.05) is 18.6 Å². The molecule has 0 aliphatic heterocycles. The van der Waals surface area contributed by atoms with Crippen LogP contribution in [0.1, 0.15) is 30.7 Å². The second-order valence-corrected chi connectivity index (χ2v) is 5.58. The molecule has 0 atom stereocenters. The number of amides is 1. The molecule has 0 spiro atoms. The molecule has 110 valence electrons. The minimum Gasteiger partial charge on any atom is -0.348 e. The highest BCUT2D eigenvalue weighted by Gasteiger charge is 2.45. The molecule has 0 unspecified atom stereocenters. The average Bonchev–Trinajstić information content (AvgIpc) is 2.83. The summed E-state index contributed by atoms with van der Waals surface area (Å²) in [5.41, 5.74) is 0.395. The molecule has 0 saturated heterocycles. The number of hydrogen-bond donors (Lipinski definition) is 1. The topological polar surface area (TPSA) is 46.9 Å². The number of carbonyl (C=O) groups is 1. The van der Waals surface area contributed by atoms with Gasteiger partial charge in [-0.15, -0.1) is 0 Å². The van der Waals surface area contributed by atoms with E-state index in [1.165, 1.54) is 12.1 Å². The quantitative estimate of drug-likeness (QED) is 0.938. The molecular formula is C16H18FN3O. The molecule has 1 aliphatic carbocycles. The Morgan fingerprint density at radius 1 is 1.38 bits per heavy atom. The van der Waals surface area contributed by atoms with Crippen molar-refractivity contribution < 1.29 is 9.18 Å². The number of halogens is 1. The number of benzene rings is 1. The molecular weight excluding hydrogens is 269 g/mol. The van der Waals surface area contributed by atoms with E-state index >= 15 is 0 Å². The maximum atomic E-state index is 13.1. The number of imidazole rings is 1. The summed E-state index contributed by atoms with van der Waals surface area (Å²) >= 11 is 0. The van der Waals surface area contributed by atoms with Crippen LogP contribution in [0.15, 0.2) is 36.7 Å². The monoisotopic (exact) mass is 287 g/mol. The van der Waals surface area contributed by atoms with Gasteiger partial charge in [0.15, 0.2) is 0 Å². The minimum atomic E-state index is -0.501. The maximum absolute atomic E-state index is 13.1. The highest BCUT2D eigenvalue weighted by Crippen LogP contribution is 2.44. The van der Waals surface area contributed by atoms with Crippen molar-refractivity contribution in [2.24, 2.45) is 7.05 Å². The molecule has 4 nitrogen and oxygen atoms in total. The Morgan fingerprint density at radius 2 is 2.10 bits per heavy atom. The molecule has 0 radical (unpaired) electrons. The molecule has 21 heavy (non-hydrogen) atoms. The smallest absolute Gasteiger partial charge is 0.231 e. The van der Waals surface area contributed by atoms with Gasteiger partial charge in [-0.3, -0.25) is 4.79 Å². The Balaban J connectivity index is 1.75. The summed E-state index contributed by atoms with van der Waals surface area (Å²) in [6.45, 7) is 0.408. The first-order valence-corrected chi connectivity index (χ1v) is 7.12. The lowest BCUT2D eigenvalue weighted by molar-refractivity contribution is -0.130. The van der Waals surface area contributed by atoms with Crippen LogP contribution in [0.3, 0.4) is 0 Å². The fourth-order valence-corrected chi connectivity index (χ4v) is 2.84. The van der Waals surface area contributed by atoms with Crippen LogP contribution in [0, 0.1) is 5.82 Å². The van der Waals surface area contributed by atoms with Gasteiger partial charge in [0.2, 0.25) is 5.91 Å². The zero-order chi connectivity index (χ0) is 14.9. The van der Waals surface area contributed by atoms with Crippen LogP contribution in [0.4, 0.5) is 4.39 Å². The molecule has 2 aromatic rings. The van der Waals surface area contributed by atoms with E-state index in [0.29, 0.717) is 6.54 Å². The van der Waals surface area contributed by atoms with E-state index < -0.39 is 5.41 Å². The fraction of sp³-hybridized carbons (Fsp3) is 0.375. The summed E-state index contributed by atoms with van der Waals surface area (Å²) in [4.78, 5) is 16.8. The molecule has 1 amide bonds. The third-order valence-electron chi connectivity index (χ3n) is 4.37. The van der Waals surface area contributed by atoms with E-state index in [1.54, 1.807) is 18.3 Å². The summed E-state index contributed by atoms with van der Waals surface area (Å²) < 4.78 is 14.9. The molecule has 1 N–H and O–H groups in total. The number of hydrogen-bond acceptors (Lipinski definition) is 2. The predicted octanol–water partition coefficient (Wildman–Crippen LogP) is 2.30. The number of nitrogens with one attached hydrogen (secondary N) is 1. The average molecular weight is 287 g/mol. The number of nitrogens with zero attached hydrogens (tertiary/aromatic N) is 2. The summed E-state index contributed by atoms with van der Waals surface area (Å²) in [5, 5.41) is 2.97. The summed E-state index contributed by atoms with van der Waals surface area (Å²) in [5.74, 6) is 0.543. The Morgan fingerprint density at radius 3 is 2.62 bits per heavy atom. The summed E-state index contributed by atoms with van der Waals surface area (Å²) in [6.07, 6.45) is 6.20. The van der Waals surface area contributed by atoms with Crippen molar-refractivity contribution in [1.29, 1.82) is 0 Å². The summed E-state index contributed by atoms with van der Waals surface area (Å²) in [7, 11) is 1.90. The zero-order valence-corrected chi connectivity index (χ0v) is 12.0. The van der Waals surface area contributed by atoms with E-state index in [9.17, 15) is 9.18 Å². The lowest BCUT2D eigenvalue weighted by atomic mass is 9.64. The van der Waals surface area contributed by atoms with Gasteiger partial charge in [-0.05, 0) is 30.5 Å². The second kappa shape index (κ2) is 5.31. The van der Waals surface area contributed by atoms with Crippen molar-refractivity contribution in [2.75, 3.05) is 0 Å². The molecule has 0 bridgehead atoms. The van der Waals surface area contributed by atoms with Crippen molar-refractivity contribution >= 4 is 5.91 Å². The van der Waals surface area contributed by atoms with E-state index in [4.69, 9.17) is 0 Å². The van der Waals surface area contributed by atoms with Gasteiger partial charge in [-0.2, -0.15) is 0 Å². The Labute approximate surface area is 123 Å². The van der Waals surface area contributed by atoms with Gasteiger partial charge in [0, 0.05) is 19.4 Å². The molecule has 1 heterocycles. The molecule has 1 aliphatic rings. The third kappa shape index (κ3) is 2.44. The number of aromatic nitrogens is 2. The van der Waals surface area contributed by atoms with Gasteiger partial charge >= 0.3 is 0 Å². The number of aryl methyl sites for hydroxylation is 1. The van der Waals surface area contributed by atoms with Crippen molar-refractivity contribution in [3.05, 3.63) is 53.9 Å².